The second-order valence-corrected chi connectivity index (χ2v) is 7.41. The Kier molecular flexibility index (Phi) is 6.31. The van der Waals surface area contributed by atoms with Gasteiger partial charge in [-0.2, -0.15) is 0 Å². The number of nitrogens with one attached hydrogen (secondary N) is 2. The fourth-order valence-corrected chi connectivity index (χ4v) is 4.49. The first-order chi connectivity index (χ1) is 10.1. The van der Waals surface area contributed by atoms with Crippen LogP contribution in [-0.4, -0.2) is 30.3 Å². The predicted octanol–water partition coefficient (Wildman–Crippen LogP) is 4.15. The lowest BCUT2D eigenvalue weighted by molar-refractivity contribution is 0.0924. The summed E-state index contributed by atoms with van der Waals surface area (Å²) in [6.07, 6.45) is 6.37. The van der Waals surface area contributed by atoms with Gasteiger partial charge in [0.2, 0.25) is 0 Å². The Morgan fingerprint density at radius 3 is 2.45 bits per heavy atom. The van der Waals surface area contributed by atoms with E-state index in [0.29, 0.717) is 27.7 Å². The van der Waals surface area contributed by atoms with Gasteiger partial charge >= 0.3 is 0 Å². The van der Waals surface area contributed by atoms with E-state index < -0.39 is 0 Å². The lowest BCUT2D eigenvalue weighted by Gasteiger charge is -2.29. The average molecular weight is 382 g/mol. The molecule has 0 radical (unpaired) electrons. The average Bonchev–Trinajstić information content (AvgIpc) is 2.78. The van der Waals surface area contributed by atoms with Crippen molar-refractivity contribution in [2.24, 2.45) is 0 Å². The molecule has 0 saturated carbocycles. The molecule has 2 saturated heterocycles. The number of piperidine rings is 1. The minimum Gasteiger partial charge on any atom is -0.349 e. The standard InChI is InChI=1S/C15H18Cl2N2OS.ClH/c1-21-14-6-11(12(16)7-13(14)17)15(20)19-10-4-8-2-3-9(5-10)18-8;/h6-10,18H,2-5H2,1H3,(H,19,20);1H. The second-order valence-electron chi connectivity index (χ2n) is 5.75. The van der Waals surface area contributed by atoms with Crippen molar-refractivity contribution in [3.05, 3.63) is 27.7 Å². The van der Waals surface area contributed by atoms with E-state index in [-0.39, 0.29) is 24.4 Å². The first-order valence-corrected chi connectivity index (χ1v) is 9.15. The van der Waals surface area contributed by atoms with Crippen molar-refractivity contribution in [1.82, 2.24) is 10.6 Å². The molecule has 0 aliphatic carbocycles. The third kappa shape index (κ3) is 3.85. The number of thioether (sulfide) groups is 1. The zero-order valence-electron chi connectivity index (χ0n) is 12.2. The highest BCUT2D eigenvalue weighted by Gasteiger charge is 2.34. The van der Waals surface area contributed by atoms with Gasteiger partial charge in [0.25, 0.3) is 5.91 Å². The molecule has 2 heterocycles. The maximum atomic E-state index is 12.5. The normalized spacial score (nSPS) is 26.4. The van der Waals surface area contributed by atoms with Gasteiger partial charge in [-0.3, -0.25) is 4.79 Å². The van der Waals surface area contributed by atoms with Crippen LogP contribution in [0.5, 0.6) is 0 Å². The van der Waals surface area contributed by atoms with Gasteiger partial charge in [0.05, 0.1) is 15.6 Å². The Hall–Kier alpha value is -0.130. The van der Waals surface area contributed by atoms with Gasteiger partial charge in [-0.1, -0.05) is 23.2 Å². The van der Waals surface area contributed by atoms with Gasteiger partial charge < -0.3 is 10.6 Å². The van der Waals surface area contributed by atoms with Crippen LogP contribution in [0.4, 0.5) is 0 Å². The fraction of sp³-hybridized carbons (Fsp3) is 0.533. The molecule has 2 aliphatic heterocycles. The summed E-state index contributed by atoms with van der Waals surface area (Å²) < 4.78 is 0. The lowest BCUT2D eigenvalue weighted by atomic mass is 9.99. The minimum absolute atomic E-state index is 0. The maximum Gasteiger partial charge on any atom is 0.253 e. The van der Waals surface area contributed by atoms with Crippen LogP contribution in [0.3, 0.4) is 0 Å². The molecule has 1 amide bonds. The summed E-state index contributed by atoms with van der Waals surface area (Å²) in [6, 6.07) is 4.77. The Morgan fingerprint density at radius 2 is 1.86 bits per heavy atom. The molecule has 22 heavy (non-hydrogen) atoms. The summed E-state index contributed by atoms with van der Waals surface area (Å²) in [4.78, 5) is 13.4. The Labute approximate surface area is 151 Å². The summed E-state index contributed by atoms with van der Waals surface area (Å²) in [5, 5.41) is 7.70. The number of fused-ring (bicyclic) bond motifs is 2. The van der Waals surface area contributed by atoms with Crippen molar-refractivity contribution in [2.45, 2.75) is 48.7 Å². The summed E-state index contributed by atoms with van der Waals surface area (Å²) in [7, 11) is 0. The number of hydrogen-bond acceptors (Lipinski definition) is 3. The minimum atomic E-state index is -0.0988. The molecule has 3 nitrogen and oxygen atoms in total. The van der Waals surface area contributed by atoms with Crippen LogP contribution in [0.25, 0.3) is 0 Å². The van der Waals surface area contributed by atoms with Crippen molar-refractivity contribution >= 4 is 53.3 Å². The zero-order valence-corrected chi connectivity index (χ0v) is 15.3. The molecule has 2 atom stereocenters. The highest BCUT2D eigenvalue weighted by atomic mass is 35.5. The van der Waals surface area contributed by atoms with Crippen LogP contribution >= 0.6 is 47.4 Å². The molecule has 122 valence electrons. The highest BCUT2D eigenvalue weighted by molar-refractivity contribution is 7.98. The Balaban J connectivity index is 0.00000176. The molecule has 2 bridgehead atoms. The molecule has 2 unspecified atom stereocenters. The van der Waals surface area contributed by atoms with Gasteiger partial charge in [-0.05, 0) is 44.1 Å². The smallest absolute Gasteiger partial charge is 0.253 e. The van der Waals surface area contributed by atoms with E-state index in [1.807, 2.05) is 6.26 Å². The van der Waals surface area contributed by atoms with Crippen LogP contribution in [-0.2, 0) is 0 Å². The fourth-order valence-electron chi connectivity index (χ4n) is 3.30. The molecule has 3 rings (SSSR count). The molecule has 1 aromatic carbocycles. The summed E-state index contributed by atoms with van der Waals surface area (Å²) in [5.74, 6) is -0.0988. The number of amides is 1. The van der Waals surface area contributed by atoms with Gasteiger partial charge in [0, 0.05) is 23.0 Å². The van der Waals surface area contributed by atoms with Crippen molar-refractivity contribution < 1.29 is 4.79 Å². The first-order valence-electron chi connectivity index (χ1n) is 7.16. The Bertz CT molecular complexity index is 558. The molecule has 0 spiro atoms. The number of halogens is 3. The first kappa shape index (κ1) is 18.2. The van der Waals surface area contributed by atoms with E-state index in [2.05, 4.69) is 10.6 Å². The summed E-state index contributed by atoms with van der Waals surface area (Å²) in [5.41, 5.74) is 0.510. The van der Waals surface area contributed by atoms with Crippen molar-refractivity contribution in [1.29, 1.82) is 0 Å². The number of rotatable bonds is 3. The second kappa shape index (κ2) is 7.63. The van der Waals surface area contributed by atoms with Gasteiger partial charge in [-0.25, -0.2) is 0 Å². The topological polar surface area (TPSA) is 41.1 Å². The van der Waals surface area contributed by atoms with E-state index in [1.54, 1.807) is 12.1 Å². The SMILES string of the molecule is CSc1cc(C(=O)NC2CC3CCC(C2)N3)c(Cl)cc1Cl.Cl. The maximum absolute atomic E-state index is 12.5. The van der Waals surface area contributed by atoms with Crippen LogP contribution in [0, 0.1) is 0 Å². The van der Waals surface area contributed by atoms with E-state index in [9.17, 15) is 4.79 Å². The van der Waals surface area contributed by atoms with Crippen molar-refractivity contribution in [2.75, 3.05) is 6.26 Å². The number of hydrogen-bond donors (Lipinski definition) is 2. The highest BCUT2D eigenvalue weighted by Crippen LogP contribution is 2.32. The third-order valence-corrected chi connectivity index (χ3v) is 5.81. The summed E-state index contributed by atoms with van der Waals surface area (Å²) in [6.45, 7) is 0. The van der Waals surface area contributed by atoms with E-state index in [0.717, 1.165) is 17.7 Å². The molecule has 1 aromatic rings. The molecular formula is C15H19Cl3N2OS. The zero-order chi connectivity index (χ0) is 15.0. The van der Waals surface area contributed by atoms with Gasteiger partial charge in [0.1, 0.15) is 0 Å². The van der Waals surface area contributed by atoms with E-state index >= 15 is 0 Å². The molecule has 2 fully saturated rings. The van der Waals surface area contributed by atoms with Crippen LogP contribution in [0.1, 0.15) is 36.0 Å². The molecule has 2 N–H and O–H groups in total. The van der Waals surface area contributed by atoms with Gasteiger partial charge in [0.15, 0.2) is 0 Å². The van der Waals surface area contributed by atoms with Crippen molar-refractivity contribution in [3.63, 3.8) is 0 Å². The van der Waals surface area contributed by atoms with Crippen LogP contribution < -0.4 is 10.6 Å². The number of carbonyl (C=O) groups is 1. The molecule has 0 aromatic heterocycles. The quantitative estimate of drug-likeness (QED) is 0.773. The number of carbonyl (C=O) groups excluding carboxylic acids is 1. The lowest BCUT2D eigenvalue weighted by Crippen LogP contribution is -2.48. The Morgan fingerprint density at radius 1 is 1.23 bits per heavy atom. The number of benzene rings is 1. The molecule has 7 heteroatoms. The third-order valence-electron chi connectivity index (χ3n) is 4.29. The summed E-state index contributed by atoms with van der Waals surface area (Å²) >= 11 is 13.8. The molecule has 2 aliphatic rings. The largest absolute Gasteiger partial charge is 0.349 e. The monoisotopic (exact) mass is 380 g/mol. The van der Waals surface area contributed by atoms with Gasteiger partial charge in [-0.15, -0.1) is 24.2 Å². The van der Waals surface area contributed by atoms with Crippen LogP contribution in [0.2, 0.25) is 10.0 Å². The van der Waals surface area contributed by atoms with Crippen LogP contribution in [0.15, 0.2) is 17.0 Å². The predicted molar refractivity (Wildman–Crippen MR) is 95.9 cm³/mol. The van der Waals surface area contributed by atoms with E-state index in [1.165, 1.54) is 24.6 Å². The van der Waals surface area contributed by atoms with Crippen molar-refractivity contribution in [3.8, 4) is 0 Å². The van der Waals surface area contributed by atoms with E-state index in [4.69, 9.17) is 23.2 Å². The molecular weight excluding hydrogens is 363 g/mol.